The summed E-state index contributed by atoms with van der Waals surface area (Å²) in [5, 5.41) is 4.92. The second kappa shape index (κ2) is 17.9. The van der Waals surface area contributed by atoms with E-state index in [4.69, 9.17) is 9.97 Å². The molecule has 0 saturated carbocycles. The third-order valence-corrected chi connectivity index (χ3v) is 13.1. The molecule has 0 amide bonds. The molecule has 0 spiro atoms. The molecule has 12 rings (SSSR count). The molecule has 0 unspecified atom stereocenters. The summed E-state index contributed by atoms with van der Waals surface area (Å²) in [6, 6.07) is 82.3. The van der Waals surface area contributed by atoms with Crippen molar-refractivity contribution in [2.24, 2.45) is 0 Å². The molecule has 69 heavy (non-hydrogen) atoms. The molecule has 326 valence electrons. The molecule has 4 heteroatoms. The maximum absolute atomic E-state index is 5.17. The molecule has 0 atom stereocenters. The second-order valence-corrected chi connectivity index (χ2v) is 17.4. The Morgan fingerprint density at radius 2 is 0.899 bits per heavy atom. The van der Waals surface area contributed by atoms with Crippen molar-refractivity contribution in [1.29, 1.82) is 0 Å². The summed E-state index contributed by atoms with van der Waals surface area (Å²) in [6.07, 6.45) is 10.5. The van der Waals surface area contributed by atoms with Crippen LogP contribution in [0.25, 0.3) is 112 Å². The van der Waals surface area contributed by atoms with Gasteiger partial charge >= 0.3 is 0 Å². The summed E-state index contributed by atoms with van der Waals surface area (Å²) in [4.78, 5) is 10.3. The van der Waals surface area contributed by atoms with Crippen LogP contribution in [-0.4, -0.2) is 19.1 Å². The van der Waals surface area contributed by atoms with Crippen LogP contribution in [0.2, 0.25) is 0 Å². The van der Waals surface area contributed by atoms with E-state index >= 15 is 0 Å². The van der Waals surface area contributed by atoms with E-state index in [-0.39, 0.29) is 0 Å². The van der Waals surface area contributed by atoms with Gasteiger partial charge in [0.25, 0.3) is 0 Å². The Morgan fingerprint density at radius 3 is 1.57 bits per heavy atom. The number of hydrogen-bond donors (Lipinski definition) is 0. The van der Waals surface area contributed by atoms with Crippen LogP contribution < -0.4 is 0 Å². The number of aromatic nitrogens is 4. The molecule has 0 bridgehead atoms. The highest BCUT2D eigenvalue weighted by atomic mass is 15.0. The molecule has 0 aliphatic heterocycles. The van der Waals surface area contributed by atoms with Crippen LogP contribution in [0.3, 0.4) is 0 Å². The van der Waals surface area contributed by atoms with Crippen LogP contribution in [0.5, 0.6) is 0 Å². The molecular formula is C65H46N4. The van der Waals surface area contributed by atoms with Crippen LogP contribution in [0.15, 0.2) is 255 Å². The van der Waals surface area contributed by atoms with Gasteiger partial charge in [-0.1, -0.05) is 194 Å². The smallest absolute Gasteiger partial charge is 0.160 e. The minimum absolute atomic E-state index is 0.674. The fourth-order valence-electron chi connectivity index (χ4n) is 9.84. The van der Waals surface area contributed by atoms with E-state index in [1.165, 1.54) is 43.7 Å². The zero-order valence-electron chi connectivity index (χ0n) is 38.1. The van der Waals surface area contributed by atoms with Gasteiger partial charge in [0.2, 0.25) is 0 Å². The Morgan fingerprint density at radius 1 is 0.391 bits per heavy atom. The predicted molar refractivity (Wildman–Crippen MR) is 291 cm³/mol. The van der Waals surface area contributed by atoms with E-state index in [1.54, 1.807) is 0 Å². The predicted octanol–water partition coefficient (Wildman–Crippen LogP) is 17.0. The SMILES string of the molecule is C\C=C/C(=C\C=C\c1cc(-c2ccccc2)nc(-c2cccc(-c3ccc4c5ccccc5n(-c5cccc(-c6ccc7c8ccccc8n(-c8ccccc8)c7c6)c5)c4c3)c2)n1)c1ccccc1. The molecule has 0 fully saturated rings. The number of fused-ring (bicyclic) bond motifs is 6. The Labute approximate surface area is 401 Å². The number of para-hydroxylation sites is 3. The number of rotatable bonds is 10. The quantitative estimate of drug-likeness (QED) is 0.128. The topological polar surface area (TPSA) is 35.6 Å². The average molecular weight is 883 g/mol. The fraction of sp³-hybridized carbons (Fsp3) is 0.0154. The third-order valence-electron chi connectivity index (χ3n) is 13.1. The van der Waals surface area contributed by atoms with Crippen molar-refractivity contribution in [1.82, 2.24) is 19.1 Å². The molecule has 0 aliphatic carbocycles. The van der Waals surface area contributed by atoms with E-state index in [2.05, 4.69) is 258 Å². The number of benzene rings is 9. The first kappa shape index (κ1) is 41.3. The molecule has 0 saturated heterocycles. The third kappa shape index (κ3) is 7.84. The highest BCUT2D eigenvalue weighted by Crippen LogP contribution is 2.39. The van der Waals surface area contributed by atoms with Gasteiger partial charge in [-0.15, -0.1) is 0 Å². The van der Waals surface area contributed by atoms with Gasteiger partial charge in [0, 0.05) is 44.0 Å². The average Bonchev–Trinajstić information content (AvgIpc) is 3.93. The molecule has 9 aromatic carbocycles. The van der Waals surface area contributed by atoms with Gasteiger partial charge in [-0.2, -0.15) is 0 Å². The van der Waals surface area contributed by atoms with Crippen molar-refractivity contribution in [3.63, 3.8) is 0 Å². The molecule has 0 aliphatic rings. The summed E-state index contributed by atoms with van der Waals surface area (Å²) in [5.41, 5.74) is 17.5. The number of allylic oxidation sites excluding steroid dienone is 5. The zero-order chi connectivity index (χ0) is 46.1. The standard InChI is InChI=1S/C65H46N4/c1-2-19-45(46-20-6-3-7-21-46)24-17-28-53-44-60(47-22-8-4-9-23-47)67-65(66-53)52-27-16-25-48(40-52)50-36-38-59-57-33-13-15-35-62(57)69(64(59)42-50)55-31-18-26-49(41-55)51-37-39-58-56-32-12-14-34-61(56)68(63(58)43-51)54-29-10-5-11-30-54/h2-44H,1H3/b19-2-,28-17+,45-24+. The van der Waals surface area contributed by atoms with Gasteiger partial charge in [0.1, 0.15) is 0 Å². The van der Waals surface area contributed by atoms with Crippen molar-refractivity contribution in [3.05, 3.63) is 266 Å². The summed E-state index contributed by atoms with van der Waals surface area (Å²) in [5.74, 6) is 0.674. The first-order chi connectivity index (χ1) is 34.2. The highest BCUT2D eigenvalue weighted by Gasteiger charge is 2.17. The van der Waals surface area contributed by atoms with Gasteiger partial charge in [-0.25, -0.2) is 9.97 Å². The van der Waals surface area contributed by atoms with Crippen LogP contribution in [0.1, 0.15) is 18.2 Å². The van der Waals surface area contributed by atoms with Gasteiger partial charge in [-0.05, 0) is 107 Å². The molecule has 0 N–H and O–H groups in total. The summed E-state index contributed by atoms with van der Waals surface area (Å²) < 4.78 is 4.80. The molecule has 3 heterocycles. The maximum Gasteiger partial charge on any atom is 0.160 e. The maximum atomic E-state index is 5.17. The molecule has 3 aromatic heterocycles. The largest absolute Gasteiger partial charge is 0.309 e. The fourth-order valence-corrected chi connectivity index (χ4v) is 9.84. The van der Waals surface area contributed by atoms with Crippen LogP contribution in [0.4, 0.5) is 0 Å². The summed E-state index contributed by atoms with van der Waals surface area (Å²) in [6.45, 7) is 2.04. The van der Waals surface area contributed by atoms with Gasteiger partial charge in [0.05, 0.1) is 33.5 Å². The van der Waals surface area contributed by atoms with E-state index in [0.717, 1.165) is 67.2 Å². The lowest BCUT2D eigenvalue weighted by Crippen LogP contribution is -1.96. The zero-order valence-corrected chi connectivity index (χ0v) is 38.1. The number of hydrogen-bond acceptors (Lipinski definition) is 2. The van der Waals surface area contributed by atoms with E-state index in [1.807, 2.05) is 19.1 Å². The highest BCUT2D eigenvalue weighted by molar-refractivity contribution is 6.11. The monoisotopic (exact) mass is 882 g/mol. The molecule has 4 nitrogen and oxygen atoms in total. The molecule has 12 aromatic rings. The van der Waals surface area contributed by atoms with Crippen molar-refractivity contribution in [2.75, 3.05) is 0 Å². The minimum atomic E-state index is 0.674. The van der Waals surface area contributed by atoms with E-state index < -0.39 is 0 Å². The summed E-state index contributed by atoms with van der Waals surface area (Å²) in [7, 11) is 0. The van der Waals surface area contributed by atoms with Crippen molar-refractivity contribution < 1.29 is 0 Å². The Hall–Kier alpha value is -9.12. The van der Waals surface area contributed by atoms with Crippen molar-refractivity contribution >= 4 is 55.3 Å². The van der Waals surface area contributed by atoms with Gasteiger partial charge in [-0.3, -0.25) is 0 Å². The summed E-state index contributed by atoms with van der Waals surface area (Å²) >= 11 is 0. The first-order valence-corrected chi connectivity index (χ1v) is 23.5. The Balaban J connectivity index is 0.941. The van der Waals surface area contributed by atoms with E-state index in [9.17, 15) is 0 Å². The van der Waals surface area contributed by atoms with Crippen molar-refractivity contribution in [2.45, 2.75) is 6.92 Å². The van der Waals surface area contributed by atoms with Gasteiger partial charge < -0.3 is 9.13 Å². The van der Waals surface area contributed by atoms with E-state index in [0.29, 0.717) is 5.82 Å². The lowest BCUT2D eigenvalue weighted by Gasteiger charge is -2.12. The Bertz CT molecular complexity index is 3950. The Kier molecular flexibility index (Phi) is 10.7. The van der Waals surface area contributed by atoms with Crippen molar-refractivity contribution in [3.8, 4) is 56.3 Å². The lowest BCUT2D eigenvalue weighted by molar-refractivity contribution is 1.16. The van der Waals surface area contributed by atoms with Crippen LogP contribution in [-0.2, 0) is 0 Å². The number of nitrogens with zero attached hydrogens (tertiary/aromatic N) is 4. The molecular weight excluding hydrogens is 837 g/mol. The van der Waals surface area contributed by atoms with Crippen LogP contribution in [0, 0.1) is 0 Å². The lowest BCUT2D eigenvalue weighted by atomic mass is 10.0. The first-order valence-electron chi connectivity index (χ1n) is 23.5. The minimum Gasteiger partial charge on any atom is -0.309 e. The normalized spacial score (nSPS) is 12.1. The van der Waals surface area contributed by atoms with Crippen LogP contribution >= 0.6 is 0 Å². The molecule has 0 radical (unpaired) electrons. The second-order valence-electron chi connectivity index (χ2n) is 17.4. The van der Waals surface area contributed by atoms with Gasteiger partial charge in [0.15, 0.2) is 5.82 Å².